The summed E-state index contributed by atoms with van der Waals surface area (Å²) in [5.41, 5.74) is 0. The van der Waals surface area contributed by atoms with Crippen molar-refractivity contribution in [2.24, 2.45) is 5.92 Å². The summed E-state index contributed by atoms with van der Waals surface area (Å²) < 4.78 is 20.8. The zero-order valence-corrected chi connectivity index (χ0v) is 7.25. The smallest absolute Gasteiger partial charge is 0.262 e. The van der Waals surface area contributed by atoms with Crippen LogP contribution in [0.1, 0.15) is 19.3 Å². The molecule has 2 aliphatic rings. The van der Waals surface area contributed by atoms with Crippen molar-refractivity contribution >= 4 is 11.4 Å². The molecule has 4 atom stereocenters. The van der Waals surface area contributed by atoms with E-state index in [-0.39, 0.29) is 18.1 Å². The van der Waals surface area contributed by atoms with E-state index in [0.29, 0.717) is 0 Å². The normalized spacial score (nSPS) is 46.6. The predicted octanol–water partition coefficient (Wildman–Crippen LogP) is 0.673. The van der Waals surface area contributed by atoms with Gasteiger partial charge in [-0.2, -0.15) is 9.47 Å². The van der Waals surface area contributed by atoms with Gasteiger partial charge < -0.3 is 0 Å². The second kappa shape index (κ2) is 3.13. The Kier molecular flexibility index (Phi) is 2.13. The van der Waals surface area contributed by atoms with E-state index in [2.05, 4.69) is 6.07 Å². The summed E-state index contributed by atoms with van der Waals surface area (Å²) in [6, 6.07) is 2.16. The topological polar surface area (TPSA) is 59.3 Å². The van der Waals surface area contributed by atoms with Gasteiger partial charge in [0.15, 0.2) is 0 Å². The lowest BCUT2D eigenvalue weighted by atomic mass is 9.86. The fraction of sp³-hybridized carbons (Fsp3) is 0.857. The number of nitrogens with zero attached hydrogens (tertiary/aromatic N) is 1. The number of fused-ring (bicyclic) bond motifs is 1. The van der Waals surface area contributed by atoms with Gasteiger partial charge in [0, 0.05) is 0 Å². The maximum Gasteiger partial charge on any atom is 0.305 e. The molecule has 1 saturated heterocycles. The highest BCUT2D eigenvalue weighted by molar-refractivity contribution is 7.75. The van der Waals surface area contributed by atoms with Crippen LogP contribution in [-0.4, -0.2) is 16.4 Å². The molecule has 0 aromatic heterocycles. The van der Waals surface area contributed by atoms with Crippen LogP contribution in [0.4, 0.5) is 0 Å². The van der Waals surface area contributed by atoms with Crippen molar-refractivity contribution in [3.63, 3.8) is 0 Å². The van der Waals surface area contributed by atoms with Gasteiger partial charge in [0.05, 0.1) is 12.0 Å². The number of rotatable bonds is 0. The first-order valence-electron chi connectivity index (χ1n) is 3.97. The molecular formula is C7H9NO3S. The summed E-state index contributed by atoms with van der Waals surface area (Å²) in [4.78, 5) is 0. The van der Waals surface area contributed by atoms with Gasteiger partial charge in [-0.25, -0.2) is 0 Å². The van der Waals surface area contributed by atoms with Gasteiger partial charge in [0.1, 0.15) is 12.2 Å². The summed E-state index contributed by atoms with van der Waals surface area (Å²) >= 11 is -1.62. The molecule has 0 radical (unpaired) electrons. The quantitative estimate of drug-likeness (QED) is 0.559. The van der Waals surface area contributed by atoms with E-state index in [0.717, 1.165) is 19.3 Å². The van der Waals surface area contributed by atoms with Crippen LogP contribution in [0.5, 0.6) is 0 Å². The maximum atomic E-state index is 10.8. The molecule has 66 valence electrons. The van der Waals surface area contributed by atoms with Crippen molar-refractivity contribution in [2.45, 2.75) is 31.5 Å². The Hall–Kier alpha value is -0.440. The molecule has 0 bridgehead atoms. The molecular weight excluding hydrogens is 178 g/mol. The molecule has 0 spiro atoms. The van der Waals surface area contributed by atoms with Crippen molar-refractivity contribution in [3.05, 3.63) is 0 Å². The van der Waals surface area contributed by atoms with Crippen LogP contribution in [0.25, 0.3) is 0 Å². The maximum absolute atomic E-state index is 10.8. The highest BCUT2D eigenvalue weighted by Crippen LogP contribution is 2.34. The molecule has 0 N–H and O–H groups in total. The Morgan fingerprint density at radius 1 is 1.42 bits per heavy atom. The summed E-state index contributed by atoms with van der Waals surface area (Å²) in [6.45, 7) is 0. The third-order valence-electron chi connectivity index (χ3n) is 2.32. The van der Waals surface area contributed by atoms with Crippen LogP contribution < -0.4 is 0 Å². The monoisotopic (exact) mass is 187 g/mol. The van der Waals surface area contributed by atoms with Crippen molar-refractivity contribution < 1.29 is 12.6 Å². The number of hydrogen-bond acceptors (Lipinski definition) is 4. The van der Waals surface area contributed by atoms with Crippen LogP contribution in [-0.2, 0) is 19.7 Å². The van der Waals surface area contributed by atoms with Gasteiger partial charge in [0.2, 0.25) is 0 Å². The number of hydrogen-bond donors (Lipinski definition) is 0. The molecule has 0 aromatic rings. The average molecular weight is 187 g/mol. The number of nitriles is 1. The van der Waals surface area contributed by atoms with Gasteiger partial charge in [-0.05, 0) is 19.3 Å². The third-order valence-corrected chi connectivity index (χ3v) is 3.11. The summed E-state index contributed by atoms with van der Waals surface area (Å²) in [5, 5.41) is 8.74. The Morgan fingerprint density at radius 2 is 2.25 bits per heavy atom. The van der Waals surface area contributed by atoms with E-state index in [1.165, 1.54) is 0 Å². The molecule has 1 aliphatic heterocycles. The Bertz CT molecular complexity index is 250. The van der Waals surface area contributed by atoms with Crippen LogP contribution >= 0.6 is 0 Å². The van der Waals surface area contributed by atoms with Gasteiger partial charge >= 0.3 is 11.4 Å². The van der Waals surface area contributed by atoms with E-state index in [1.54, 1.807) is 0 Å². The zero-order chi connectivity index (χ0) is 8.55. The molecule has 2 fully saturated rings. The Labute approximate surface area is 73.3 Å². The minimum absolute atomic E-state index is 0.121. The zero-order valence-electron chi connectivity index (χ0n) is 6.43. The molecule has 5 heteroatoms. The summed E-state index contributed by atoms with van der Waals surface area (Å²) in [5.74, 6) is -0.143. The van der Waals surface area contributed by atoms with Gasteiger partial charge in [-0.1, -0.05) is 0 Å². The third kappa shape index (κ3) is 1.26. The summed E-state index contributed by atoms with van der Waals surface area (Å²) in [7, 11) is 0. The van der Waals surface area contributed by atoms with E-state index in [9.17, 15) is 4.21 Å². The standard InChI is InChI=1S/C7H9NO3S/c8-4-5-2-1-3-6-7(5)11-12(9)10-6/h5-7H,1-3H2/t5-,6+,7-,12?/m0/s1. The first-order valence-corrected chi connectivity index (χ1v) is 4.97. The largest absolute Gasteiger partial charge is 0.305 e. The second-order valence-corrected chi connectivity index (χ2v) is 3.86. The van der Waals surface area contributed by atoms with Crippen molar-refractivity contribution in [2.75, 3.05) is 0 Å². The van der Waals surface area contributed by atoms with Crippen LogP contribution in [0.2, 0.25) is 0 Å². The van der Waals surface area contributed by atoms with E-state index in [1.807, 2.05) is 0 Å². The van der Waals surface area contributed by atoms with Gasteiger partial charge in [-0.15, -0.1) is 0 Å². The molecule has 2 rings (SSSR count). The molecule has 1 unspecified atom stereocenters. The fourth-order valence-electron chi connectivity index (χ4n) is 1.71. The Balaban J connectivity index is 2.13. The molecule has 1 aliphatic carbocycles. The first kappa shape index (κ1) is 8.17. The van der Waals surface area contributed by atoms with E-state index in [4.69, 9.17) is 13.6 Å². The lowest BCUT2D eigenvalue weighted by Crippen LogP contribution is -2.34. The van der Waals surface area contributed by atoms with Crippen molar-refractivity contribution in [1.82, 2.24) is 0 Å². The highest BCUT2D eigenvalue weighted by atomic mass is 32.2. The minimum Gasteiger partial charge on any atom is -0.262 e. The predicted molar refractivity (Wildman–Crippen MR) is 40.8 cm³/mol. The molecule has 12 heavy (non-hydrogen) atoms. The molecule has 0 aromatic carbocycles. The van der Waals surface area contributed by atoms with Crippen LogP contribution in [0.15, 0.2) is 0 Å². The van der Waals surface area contributed by atoms with Gasteiger partial charge in [-0.3, -0.25) is 8.37 Å². The highest BCUT2D eigenvalue weighted by Gasteiger charge is 2.43. The minimum atomic E-state index is -1.62. The van der Waals surface area contributed by atoms with E-state index < -0.39 is 11.4 Å². The molecule has 4 nitrogen and oxygen atoms in total. The van der Waals surface area contributed by atoms with Crippen molar-refractivity contribution in [3.8, 4) is 6.07 Å². The first-order chi connectivity index (χ1) is 5.81. The average Bonchev–Trinajstić information content (AvgIpc) is 2.44. The van der Waals surface area contributed by atoms with Gasteiger partial charge in [0.25, 0.3) is 0 Å². The molecule has 0 amide bonds. The Morgan fingerprint density at radius 3 is 3.00 bits per heavy atom. The van der Waals surface area contributed by atoms with Crippen LogP contribution in [0.3, 0.4) is 0 Å². The second-order valence-electron chi connectivity index (χ2n) is 3.07. The van der Waals surface area contributed by atoms with Crippen molar-refractivity contribution in [1.29, 1.82) is 5.26 Å². The molecule has 1 saturated carbocycles. The van der Waals surface area contributed by atoms with Crippen LogP contribution in [0, 0.1) is 17.2 Å². The lowest BCUT2D eigenvalue weighted by molar-refractivity contribution is 0.0813. The lowest BCUT2D eigenvalue weighted by Gasteiger charge is -2.24. The van der Waals surface area contributed by atoms with E-state index >= 15 is 0 Å². The SMILES string of the molecule is N#C[C@@H]1CCC[C@H]2OS(=O)O[C@@H]12. The fourth-order valence-corrected chi connectivity index (χ4v) is 2.60. The molecule has 1 heterocycles. The summed E-state index contributed by atoms with van der Waals surface area (Å²) in [6.07, 6.45) is 2.26.